The quantitative estimate of drug-likeness (QED) is 0.783. The lowest BCUT2D eigenvalue weighted by Gasteiger charge is -2.08. The Hall–Kier alpha value is -0.910. The lowest BCUT2D eigenvalue weighted by atomic mass is 10.2. The number of rotatable bonds is 7. The van der Waals surface area contributed by atoms with E-state index >= 15 is 0 Å². The van der Waals surface area contributed by atoms with Crippen LogP contribution in [-0.2, 0) is 11.3 Å². The van der Waals surface area contributed by atoms with Crippen LogP contribution >= 0.6 is 11.3 Å². The summed E-state index contributed by atoms with van der Waals surface area (Å²) in [6.45, 7) is 9.71. The number of fused-ring (bicyclic) bond motifs is 1. The van der Waals surface area contributed by atoms with Crippen LogP contribution in [0.5, 0.6) is 0 Å². The molecule has 0 unspecified atom stereocenters. The van der Waals surface area contributed by atoms with Crippen LogP contribution in [0.2, 0.25) is 0 Å². The van der Waals surface area contributed by atoms with E-state index < -0.39 is 0 Å². The number of aromatic nitrogens is 2. The minimum absolute atomic E-state index is 0.604. The molecular weight excluding hydrogens is 246 g/mol. The van der Waals surface area contributed by atoms with Crippen molar-refractivity contribution in [3.05, 3.63) is 23.0 Å². The maximum atomic E-state index is 5.53. The highest BCUT2D eigenvalue weighted by atomic mass is 32.1. The molecule has 2 heterocycles. The second kappa shape index (κ2) is 6.31. The highest BCUT2D eigenvalue weighted by Crippen LogP contribution is 2.16. The van der Waals surface area contributed by atoms with Crippen LogP contribution < -0.4 is 5.32 Å². The first-order chi connectivity index (χ1) is 8.68. The highest BCUT2D eigenvalue weighted by Gasteiger charge is 2.08. The Morgan fingerprint density at radius 2 is 2.33 bits per heavy atom. The van der Waals surface area contributed by atoms with Crippen molar-refractivity contribution in [2.45, 2.75) is 27.3 Å². The summed E-state index contributed by atoms with van der Waals surface area (Å²) in [6.07, 6.45) is 2.08. The molecule has 18 heavy (non-hydrogen) atoms. The van der Waals surface area contributed by atoms with Crippen molar-refractivity contribution in [1.82, 2.24) is 14.7 Å². The molecule has 100 valence electrons. The number of nitrogens with zero attached hydrogens (tertiary/aromatic N) is 2. The van der Waals surface area contributed by atoms with Gasteiger partial charge in [0.05, 0.1) is 18.0 Å². The molecular formula is C13H21N3OS. The molecule has 0 fully saturated rings. The van der Waals surface area contributed by atoms with Gasteiger partial charge in [-0.25, -0.2) is 4.98 Å². The van der Waals surface area contributed by atoms with Gasteiger partial charge in [-0.1, -0.05) is 13.8 Å². The van der Waals surface area contributed by atoms with Crippen LogP contribution in [0.3, 0.4) is 0 Å². The van der Waals surface area contributed by atoms with E-state index in [1.54, 1.807) is 11.3 Å². The van der Waals surface area contributed by atoms with E-state index in [-0.39, 0.29) is 0 Å². The largest absolute Gasteiger partial charge is 0.380 e. The van der Waals surface area contributed by atoms with E-state index in [9.17, 15) is 0 Å². The van der Waals surface area contributed by atoms with Crippen LogP contribution in [0.4, 0.5) is 0 Å². The Balaban J connectivity index is 1.76. The van der Waals surface area contributed by atoms with Gasteiger partial charge in [0.1, 0.15) is 0 Å². The Labute approximate surface area is 112 Å². The van der Waals surface area contributed by atoms with E-state index in [1.165, 1.54) is 5.69 Å². The summed E-state index contributed by atoms with van der Waals surface area (Å²) < 4.78 is 7.69. The average Bonchev–Trinajstić information content (AvgIpc) is 2.85. The van der Waals surface area contributed by atoms with Gasteiger partial charge in [0.2, 0.25) is 0 Å². The number of hydrogen-bond donors (Lipinski definition) is 1. The minimum atomic E-state index is 0.604. The van der Waals surface area contributed by atoms with Crippen molar-refractivity contribution in [1.29, 1.82) is 0 Å². The first kappa shape index (κ1) is 13.5. The summed E-state index contributed by atoms with van der Waals surface area (Å²) in [7, 11) is 0. The third kappa shape index (κ3) is 3.31. The molecule has 0 saturated heterocycles. The van der Waals surface area contributed by atoms with Crippen LogP contribution in [-0.4, -0.2) is 29.1 Å². The molecule has 2 aromatic heterocycles. The second-order valence-corrected chi connectivity index (χ2v) is 5.72. The summed E-state index contributed by atoms with van der Waals surface area (Å²) in [5.74, 6) is 0.604. The molecule has 0 aliphatic rings. The lowest BCUT2D eigenvalue weighted by Crippen LogP contribution is -2.21. The zero-order chi connectivity index (χ0) is 13.0. The predicted octanol–water partition coefficient (Wildman–Crippen LogP) is 2.47. The standard InChI is InChI=1S/C13H21N3OS/c1-10(2)9-17-6-4-14-8-12-11(3)15-13-16(12)5-7-18-13/h5,7,10,14H,4,6,8-9H2,1-3H3. The molecule has 0 amide bonds. The first-order valence-corrected chi connectivity index (χ1v) is 7.26. The van der Waals surface area contributed by atoms with Gasteiger partial charge in [-0.15, -0.1) is 11.3 Å². The van der Waals surface area contributed by atoms with E-state index in [2.05, 4.69) is 47.0 Å². The fourth-order valence-electron chi connectivity index (χ4n) is 1.82. The molecule has 0 bridgehead atoms. The van der Waals surface area contributed by atoms with Crippen molar-refractivity contribution in [3.8, 4) is 0 Å². The van der Waals surface area contributed by atoms with Crippen LogP contribution in [0.25, 0.3) is 4.96 Å². The van der Waals surface area contributed by atoms with Gasteiger partial charge < -0.3 is 10.1 Å². The number of aryl methyl sites for hydroxylation is 1. The van der Waals surface area contributed by atoms with Crippen molar-refractivity contribution in [3.63, 3.8) is 0 Å². The molecule has 0 aliphatic carbocycles. The molecule has 0 radical (unpaired) electrons. The van der Waals surface area contributed by atoms with Gasteiger partial charge in [-0.05, 0) is 12.8 Å². The molecule has 0 saturated carbocycles. The van der Waals surface area contributed by atoms with Crippen molar-refractivity contribution >= 4 is 16.3 Å². The Kier molecular flexibility index (Phi) is 4.74. The molecule has 5 heteroatoms. The number of ether oxygens (including phenoxy) is 1. The van der Waals surface area contributed by atoms with Gasteiger partial charge >= 0.3 is 0 Å². The van der Waals surface area contributed by atoms with Gasteiger partial charge in [0.25, 0.3) is 0 Å². The van der Waals surface area contributed by atoms with Crippen molar-refractivity contribution < 1.29 is 4.74 Å². The second-order valence-electron chi connectivity index (χ2n) is 4.85. The van der Waals surface area contributed by atoms with Gasteiger partial charge in [0, 0.05) is 31.3 Å². The third-order valence-corrected chi connectivity index (χ3v) is 3.48. The predicted molar refractivity (Wildman–Crippen MR) is 75.2 cm³/mol. The Bertz CT molecular complexity index is 489. The van der Waals surface area contributed by atoms with Gasteiger partial charge in [-0.2, -0.15) is 0 Å². The van der Waals surface area contributed by atoms with Crippen LogP contribution in [0.1, 0.15) is 25.2 Å². The van der Waals surface area contributed by atoms with E-state index in [4.69, 9.17) is 4.74 Å². The summed E-state index contributed by atoms with van der Waals surface area (Å²) >= 11 is 1.67. The van der Waals surface area contributed by atoms with E-state index in [1.807, 2.05) is 0 Å². The van der Waals surface area contributed by atoms with Gasteiger partial charge in [0.15, 0.2) is 4.96 Å². The smallest absolute Gasteiger partial charge is 0.194 e. The van der Waals surface area contributed by atoms with Crippen molar-refractivity contribution in [2.75, 3.05) is 19.8 Å². The fourth-order valence-corrected chi connectivity index (χ4v) is 2.60. The summed E-state index contributed by atoms with van der Waals surface area (Å²) in [5, 5.41) is 5.47. The molecule has 4 nitrogen and oxygen atoms in total. The number of hydrogen-bond acceptors (Lipinski definition) is 4. The molecule has 0 atom stereocenters. The topological polar surface area (TPSA) is 38.6 Å². The summed E-state index contributed by atoms with van der Waals surface area (Å²) in [5.41, 5.74) is 2.35. The van der Waals surface area contributed by atoms with Crippen LogP contribution in [0.15, 0.2) is 11.6 Å². The molecule has 2 rings (SSSR count). The van der Waals surface area contributed by atoms with Crippen molar-refractivity contribution in [2.24, 2.45) is 5.92 Å². The summed E-state index contributed by atoms with van der Waals surface area (Å²) in [4.78, 5) is 5.59. The Morgan fingerprint density at radius 1 is 1.50 bits per heavy atom. The minimum Gasteiger partial charge on any atom is -0.380 e. The molecule has 0 aliphatic heterocycles. The number of imidazole rings is 1. The number of thiazole rings is 1. The molecule has 0 aromatic carbocycles. The normalized spacial score (nSPS) is 11.8. The zero-order valence-electron chi connectivity index (χ0n) is 11.3. The molecule has 0 spiro atoms. The lowest BCUT2D eigenvalue weighted by molar-refractivity contribution is 0.111. The van der Waals surface area contributed by atoms with E-state index in [0.717, 1.165) is 37.0 Å². The number of nitrogens with one attached hydrogen (secondary N) is 1. The molecule has 2 aromatic rings. The fraction of sp³-hybridized carbons (Fsp3) is 0.615. The van der Waals surface area contributed by atoms with Crippen LogP contribution in [0, 0.1) is 12.8 Å². The monoisotopic (exact) mass is 267 g/mol. The SMILES string of the molecule is Cc1nc2sccn2c1CNCCOCC(C)C. The summed E-state index contributed by atoms with van der Waals surface area (Å²) in [6, 6.07) is 0. The first-order valence-electron chi connectivity index (χ1n) is 6.38. The zero-order valence-corrected chi connectivity index (χ0v) is 12.1. The highest BCUT2D eigenvalue weighted by molar-refractivity contribution is 7.15. The maximum Gasteiger partial charge on any atom is 0.194 e. The average molecular weight is 267 g/mol. The third-order valence-electron chi connectivity index (χ3n) is 2.73. The molecule has 1 N–H and O–H groups in total. The van der Waals surface area contributed by atoms with Gasteiger partial charge in [-0.3, -0.25) is 4.40 Å². The maximum absolute atomic E-state index is 5.53. The Morgan fingerprint density at radius 3 is 3.11 bits per heavy atom. The van der Waals surface area contributed by atoms with E-state index in [0.29, 0.717) is 5.92 Å².